The molecular weight excluding hydrogens is 336 g/mol. The highest BCUT2D eigenvalue weighted by molar-refractivity contribution is 5.79. The molecule has 3 aromatic rings. The second-order valence-corrected chi connectivity index (χ2v) is 7.71. The van der Waals surface area contributed by atoms with Crippen LogP contribution in [0.4, 0.5) is 5.95 Å². The number of nitrogens with zero attached hydrogens (tertiary/aromatic N) is 5. The van der Waals surface area contributed by atoms with E-state index in [0.717, 1.165) is 42.2 Å². The van der Waals surface area contributed by atoms with E-state index in [9.17, 15) is 0 Å². The highest BCUT2D eigenvalue weighted by Crippen LogP contribution is 2.39. The lowest BCUT2D eigenvalue weighted by Gasteiger charge is -2.21. The minimum absolute atomic E-state index is 0.318. The molecule has 1 aliphatic carbocycles. The van der Waals surface area contributed by atoms with Gasteiger partial charge in [-0.1, -0.05) is 12.1 Å². The molecular formula is C21H22N6. The summed E-state index contributed by atoms with van der Waals surface area (Å²) >= 11 is 0. The van der Waals surface area contributed by atoms with Crippen LogP contribution in [0.3, 0.4) is 0 Å². The van der Waals surface area contributed by atoms with Gasteiger partial charge in [-0.05, 0) is 48.9 Å². The Labute approximate surface area is 158 Å². The van der Waals surface area contributed by atoms with Crippen LogP contribution in [0.5, 0.6) is 0 Å². The van der Waals surface area contributed by atoms with Crippen LogP contribution in [0, 0.1) is 23.2 Å². The zero-order chi connectivity index (χ0) is 18.4. The number of pyridine rings is 1. The number of nitriles is 1. The Balaban J connectivity index is 1.52. The van der Waals surface area contributed by atoms with E-state index in [2.05, 4.69) is 32.7 Å². The van der Waals surface area contributed by atoms with E-state index in [4.69, 9.17) is 16.0 Å². The molecule has 3 heterocycles. The number of benzene rings is 1. The lowest BCUT2D eigenvalue weighted by atomic mass is 9.98. The predicted octanol–water partition coefficient (Wildman–Crippen LogP) is 2.52. The van der Waals surface area contributed by atoms with Crippen LogP contribution >= 0.6 is 0 Å². The van der Waals surface area contributed by atoms with E-state index in [1.165, 1.54) is 6.42 Å². The van der Waals surface area contributed by atoms with Crippen molar-refractivity contribution in [3.8, 4) is 6.07 Å². The van der Waals surface area contributed by atoms with Crippen molar-refractivity contribution >= 4 is 17.0 Å². The topological polar surface area (TPSA) is 83.8 Å². The Morgan fingerprint density at radius 3 is 2.81 bits per heavy atom. The molecule has 1 saturated heterocycles. The van der Waals surface area contributed by atoms with Gasteiger partial charge in [0, 0.05) is 25.3 Å². The summed E-state index contributed by atoms with van der Waals surface area (Å²) in [6.45, 7) is 2.65. The lowest BCUT2D eigenvalue weighted by Crippen LogP contribution is -2.31. The third-order valence-electron chi connectivity index (χ3n) is 6.10. The molecule has 0 unspecified atom stereocenters. The van der Waals surface area contributed by atoms with Gasteiger partial charge in [-0.25, -0.2) is 4.98 Å². The molecule has 136 valence electrons. The van der Waals surface area contributed by atoms with Gasteiger partial charge >= 0.3 is 0 Å². The number of para-hydroxylation sites is 2. The first-order valence-electron chi connectivity index (χ1n) is 9.54. The Morgan fingerprint density at radius 2 is 2.04 bits per heavy atom. The minimum Gasteiger partial charge on any atom is -0.342 e. The quantitative estimate of drug-likeness (QED) is 0.778. The molecule has 0 amide bonds. The first-order chi connectivity index (χ1) is 13.2. The average Bonchev–Trinajstić information content (AvgIpc) is 3.37. The maximum Gasteiger partial charge on any atom is 0.206 e. The molecule has 2 aliphatic rings. The molecule has 1 saturated carbocycles. The van der Waals surface area contributed by atoms with E-state index in [1.54, 1.807) is 6.20 Å². The Morgan fingerprint density at radius 1 is 1.15 bits per heavy atom. The molecule has 2 aromatic heterocycles. The van der Waals surface area contributed by atoms with Crippen LogP contribution in [0.25, 0.3) is 11.0 Å². The summed E-state index contributed by atoms with van der Waals surface area (Å²) in [6.07, 6.45) is 4.00. The summed E-state index contributed by atoms with van der Waals surface area (Å²) in [5.74, 6) is 2.26. The average molecular weight is 358 g/mol. The van der Waals surface area contributed by atoms with Crippen molar-refractivity contribution in [2.24, 2.45) is 17.6 Å². The fourth-order valence-electron chi connectivity index (χ4n) is 4.68. The number of hydrogen-bond donors (Lipinski definition) is 1. The van der Waals surface area contributed by atoms with Gasteiger partial charge in [0.15, 0.2) is 0 Å². The van der Waals surface area contributed by atoms with E-state index in [1.807, 2.05) is 24.3 Å². The standard InChI is InChI=1S/C21H22N6/c22-9-14-5-7-16(24-10-14)12-27-20-4-2-1-3-19(20)25-21(27)26-11-15-6-8-18(23)17(15)13-26/h1-5,7,10,15,17-18H,6,8,11-13,23H2/t15-,17+,18-/m0/s1. The van der Waals surface area contributed by atoms with Gasteiger partial charge < -0.3 is 15.2 Å². The number of anilines is 1. The number of aromatic nitrogens is 3. The van der Waals surface area contributed by atoms with Gasteiger partial charge in [0.25, 0.3) is 0 Å². The Kier molecular flexibility index (Phi) is 3.83. The number of imidazole rings is 1. The van der Waals surface area contributed by atoms with Crippen molar-refractivity contribution in [1.82, 2.24) is 14.5 Å². The molecule has 6 nitrogen and oxygen atoms in total. The van der Waals surface area contributed by atoms with Crippen LogP contribution in [-0.4, -0.2) is 33.7 Å². The molecule has 0 spiro atoms. The van der Waals surface area contributed by atoms with E-state index < -0.39 is 0 Å². The summed E-state index contributed by atoms with van der Waals surface area (Å²) < 4.78 is 2.25. The first-order valence-corrected chi connectivity index (χ1v) is 9.54. The lowest BCUT2D eigenvalue weighted by molar-refractivity contribution is 0.453. The third-order valence-corrected chi connectivity index (χ3v) is 6.10. The molecule has 3 atom stereocenters. The summed E-state index contributed by atoms with van der Waals surface area (Å²) in [7, 11) is 0. The summed E-state index contributed by atoms with van der Waals surface area (Å²) in [5.41, 5.74) is 9.95. The molecule has 1 aliphatic heterocycles. The maximum atomic E-state index is 8.99. The third kappa shape index (κ3) is 2.75. The van der Waals surface area contributed by atoms with Crippen molar-refractivity contribution < 1.29 is 0 Å². The molecule has 27 heavy (non-hydrogen) atoms. The Bertz CT molecular complexity index is 1020. The molecule has 2 fully saturated rings. The zero-order valence-corrected chi connectivity index (χ0v) is 15.1. The summed E-state index contributed by atoms with van der Waals surface area (Å²) in [6, 6.07) is 14.4. The highest BCUT2D eigenvalue weighted by Gasteiger charge is 2.42. The van der Waals surface area contributed by atoms with E-state index in [-0.39, 0.29) is 0 Å². The number of nitrogens with two attached hydrogens (primary N) is 1. The number of rotatable bonds is 3. The highest BCUT2D eigenvalue weighted by atomic mass is 15.3. The van der Waals surface area contributed by atoms with Gasteiger partial charge in [-0.2, -0.15) is 5.26 Å². The maximum absolute atomic E-state index is 8.99. The molecule has 0 radical (unpaired) electrons. The van der Waals surface area contributed by atoms with Gasteiger partial charge in [0.2, 0.25) is 5.95 Å². The van der Waals surface area contributed by atoms with Crippen molar-refractivity contribution in [2.75, 3.05) is 18.0 Å². The summed E-state index contributed by atoms with van der Waals surface area (Å²) in [4.78, 5) is 11.8. The smallest absolute Gasteiger partial charge is 0.206 e. The number of hydrogen-bond acceptors (Lipinski definition) is 5. The summed E-state index contributed by atoms with van der Waals surface area (Å²) in [5, 5.41) is 8.99. The predicted molar refractivity (Wildman–Crippen MR) is 104 cm³/mol. The fraction of sp³-hybridized carbons (Fsp3) is 0.381. The van der Waals surface area contributed by atoms with Crippen LogP contribution in [0.2, 0.25) is 0 Å². The largest absolute Gasteiger partial charge is 0.342 e. The van der Waals surface area contributed by atoms with Crippen molar-refractivity contribution in [3.05, 3.63) is 53.9 Å². The van der Waals surface area contributed by atoms with Crippen molar-refractivity contribution in [3.63, 3.8) is 0 Å². The fourth-order valence-corrected chi connectivity index (χ4v) is 4.68. The second-order valence-electron chi connectivity index (χ2n) is 7.71. The monoisotopic (exact) mass is 358 g/mol. The molecule has 6 heteroatoms. The first kappa shape index (κ1) is 16.3. The second kappa shape index (κ2) is 6.36. The van der Waals surface area contributed by atoms with Gasteiger partial charge in [-0.3, -0.25) is 4.98 Å². The van der Waals surface area contributed by atoms with Gasteiger partial charge in [0.05, 0.1) is 28.8 Å². The minimum atomic E-state index is 0.318. The van der Waals surface area contributed by atoms with Crippen LogP contribution in [0.15, 0.2) is 42.6 Å². The van der Waals surface area contributed by atoms with E-state index in [0.29, 0.717) is 30.0 Å². The molecule has 0 bridgehead atoms. The Hall–Kier alpha value is -2.91. The van der Waals surface area contributed by atoms with Crippen LogP contribution in [-0.2, 0) is 6.54 Å². The van der Waals surface area contributed by atoms with Crippen molar-refractivity contribution in [1.29, 1.82) is 5.26 Å². The molecule has 5 rings (SSSR count). The van der Waals surface area contributed by atoms with Crippen molar-refractivity contribution in [2.45, 2.75) is 25.4 Å². The van der Waals surface area contributed by atoms with Gasteiger partial charge in [-0.15, -0.1) is 0 Å². The normalized spacial score (nSPS) is 24.3. The molecule has 1 aromatic carbocycles. The number of fused-ring (bicyclic) bond motifs is 2. The van der Waals surface area contributed by atoms with Gasteiger partial charge in [0.1, 0.15) is 6.07 Å². The SMILES string of the molecule is N#Cc1ccc(Cn2c(N3C[C@@H]4CC[C@H](N)[C@@H]4C3)nc3ccccc32)nc1. The molecule has 2 N–H and O–H groups in total. The van der Waals surface area contributed by atoms with Crippen LogP contribution in [0.1, 0.15) is 24.1 Å². The van der Waals surface area contributed by atoms with Crippen LogP contribution < -0.4 is 10.6 Å². The van der Waals surface area contributed by atoms with E-state index >= 15 is 0 Å². The zero-order valence-electron chi connectivity index (χ0n) is 15.1.